The highest BCUT2D eigenvalue weighted by Gasteiger charge is 2.35. The molecule has 1 amide bonds. The van der Waals surface area contributed by atoms with Crippen molar-refractivity contribution < 1.29 is 18.0 Å². The number of hydrogen-bond acceptors (Lipinski definition) is 5. The second-order valence-electron chi connectivity index (χ2n) is 8.13. The van der Waals surface area contributed by atoms with E-state index in [2.05, 4.69) is 20.2 Å². The Morgan fingerprint density at radius 2 is 2.00 bits per heavy atom. The third kappa shape index (κ3) is 4.34. The average Bonchev–Trinajstić information content (AvgIpc) is 3.33. The van der Waals surface area contributed by atoms with E-state index in [4.69, 9.17) is 11.6 Å². The molecule has 2 atom stereocenters. The summed E-state index contributed by atoms with van der Waals surface area (Å²) in [7, 11) is 1.99. The van der Waals surface area contributed by atoms with Gasteiger partial charge in [0.1, 0.15) is 11.6 Å². The van der Waals surface area contributed by atoms with E-state index in [-0.39, 0.29) is 22.7 Å². The molecule has 1 unspecified atom stereocenters. The van der Waals surface area contributed by atoms with Crippen molar-refractivity contribution in [1.82, 2.24) is 19.8 Å². The summed E-state index contributed by atoms with van der Waals surface area (Å²) in [5.74, 6) is -0.558. The molecular weight excluding hydrogens is 431 g/mol. The number of anilines is 1. The summed E-state index contributed by atoms with van der Waals surface area (Å²) in [6.45, 7) is 3.91. The highest BCUT2D eigenvalue weighted by atomic mass is 35.5. The number of halogens is 4. The number of alkyl halides is 2. The molecular formula is C21H23ClF3N5O. The summed E-state index contributed by atoms with van der Waals surface area (Å²) in [6.07, 6.45) is -2.09. The SMILES string of the molecule is C[C@@H](Nc1nc(Cl)nc2c1CN(C(=O)C1CCN(C)C1)C2)c1cccc(C(F)F)c1F. The molecule has 2 aliphatic rings. The monoisotopic (exact) mass is 453 g/mol. The molecule has 1 N–H and O–H groups in total. The van der Waals surface area contributed by atoms with E-state index < -0.39 is 23.8 Å². The highest BCUT2D eigenvalue weighted by Crippen LogP contribution is 2.33. The summed E-state index contributed by atoms with van der Waals surface area (Å²) in [5.41, 5.74) is 0.800. The smallest absolute Gasteiger partial charge is 0.266 e. The van der Waals surface area contributed by atoms with Gasteiger partial charge in [0, 0.05) is 17.7 Å². The molecule has 6 nitrogen and oxygen atoms in total. The zero-order valence-corrected chi connectivity index (χ0v) is 18.0. The van der Waals surface area contributed by atoms with Crippen LogP contribution in [0.3, 0.4) is 0 Å². The summed E-state index contributed by atoms with van der Waals surface area (Å²) >= 11 is 6.08. The lowest BCUT2D eigenvalue weighted by Gasteiger charge is -2.20. The van der Waals surface area contributed by atoms with Crippen LogP contribution < -0.4 is 5.32 Å². The van der Waals surface area contributed by atoms with Crippen LogP contribution in [0.2, 0.25) is 5.28 Å². The van der Waals surface area contributed by atoms with Gasteiger partial charge in [-0.25, -0.2) is 23.1 Å². The molecule has 1 aromatic carbocycles. The van der Waals surface area contributed by atoms with Crippen LogP contribution in [-0.2, 0) is 17.9 Å². The van der Waals surface area contributed by atoms with Crippen LogP contribution in [0.1, 0.15) is 48.2 Å². The quantitative estimate of drug-likeness (QED) is 0.688. The van der Waals surface area contributed by atoms with Gasteiger partial charge in [-0.3, -0.25) is 4.79 Å². The van der Waals surface area contributed by atoms with E-state index in [1.165, 1.54) is 12.1 Å². The van der Waals surface area contributed by atoms with E-state index >= 15 is 0 Å². The van der Waals surface area contributed by atoms with Gasteiger partial charge in [0.15, 0.2) is 0 Å². The second kappa shape index (κ2) is 8.63. The van der Waals surface area contributed by atoms with Gasteiger partial charge < -0.3 is 15.1 Å². The minimum atomic E-state index is -2.90. The lowest BCUT2D eigenvalue weighted by molar-refractivity contribution is -0.135. The first-order valence-electron chi connectivity index (χ1n) is 10.1. The highest BCUT2D eigenvalue weighted by molar-refractivity contribution is 6.28. The lowest BCUT2D eigenvalue weighted by atomic mass is 10.0. The molecule has 3 heterocycles. The maximum Gasteiger partial charge on any atom is 0.266 e. The number of likely N-dealkylation sites (tertiary alicyclic amines) is 1. The maximum atomic E-state index is 14.6. The zero-order valence-electron chi connectivity index (χ0n) is 17.2. The van der Waals surface area contributed by atoms with Gasteiger partial charge in [0.2, 0.25) is 11.2 Å². The molecule has 4 rings (SSSR count). The summed E-state index contributed by atoms with van der Waals surface area (Å²) < 4.78 is 40.7. The minimum absolute atomic E-state index is 0.00477. The Bertz CT molecular complexity index is 1010. The van der Waals surface area contributed by atoms with Gasteiger partial charge in [-0.05, 0) is 38.5 Å². The van der Waals surface area contributed by atoms with Crippen molar-refractivity contribution in [2.75, 3.05) is 25.5 Å². The second-order valence-corrected chi connectivity index (χ2v) is 8.46. The Kier molecular flexibility index (Phi) is 6.07. The van der Waals surface area contributed by atoms with Crippen LogP contribution in [0.4, 0.5) is 19.0 Å². The Morgan fingerprint density at radius 3 is 2.68 bits per heavy atom. The fourth-order valence-corrected chi connectivity index (χ4v) is 4.44. The molecule has 0 saturated carbocycles. The number of amides is 1. The number of fused-ring (bicyclic) bond motifs is 1. The number of carbonyl (C=O) groups excluding carboxylic acids is 1. The number of carbonyl (C=O) groups is 1. The van der Waals surface area contributed by atoms with E-state index in [9.17, 15) is 18.0 Å². The molecule has 0 radical (unpaired) electrons. The van der Waals surface area contributed by atoms with Gasteiger partial charge in [-0.15, -0.1) is 0 Å². The molecule has 0 bridgehead atoms. The van der Waals surface area contributed by atoms with Crippen molar-refractivity contribution in [2.45, 2.75) is 38.9 Å². The molecule has 1 fully saturated rings. The first-order chi connectivity index (χ1) is 14.7. The molecule has 2 aliphatic heterocycles. The molecule has 1 saturated heterocycles. The zero-order chi connectivity index (χ0) is 22.3. The van der Waals surface area contributed by atoms with Crippen molar-refractivity contribution in [1.29, 1.82) is 0 Å². The summed E-state index contributed by atoms with van der Waals surface area (Å²) in [4.78, 5) is 25.3. The predicted octanol–water partition coefficient (Wildman–Crippen LogP) is 4.17. The fourth-order valence-electron chi connectivity index (χ4n) is 4.25. The number of rotatable bonds is 5. The summed E-state index contributed by atoms with van der Waals surface area (Å²) in [5, 5.41) is 3.08. The normalized spacial score (nSPS) is 19.7. The van der Waals surface area contributed by atoms with Crippen molar-refractivity contribution in [3.05, 3.63) is 51.7 Å². The Balaban J connectivity index is 1.56. The van der Waals surface area contributed by atoms with Crippen molar-refractivity contribution in [3.63, 3.8) is 0 Å². The van der Waals surface area contributed by atoms with Crippen LogP contribution in [0.15, 0.2) is 18.2 Å². The van der Waals surface area contributed by atoms with Crippen LogP contribution in [0.5, 0.6) is 0 Å². The van der Waals surface area contributed by atoms with Crippen molar-refractivity contribution in [3.8, 4) is 0 Å². The van der Waals surface area contributed by atoms with Gasteiger partial charge in [-0.2, -0.15) is 0 Å². The molecule has 2 aromatic rings. The molecule has 1 aromatic heterocycles. The molecule has 31 heavy (non-hydrogen) atoms. The standard InChI is InChI=1S/C21H23ClF3N5O/c1-11(13-4-3-5-14(17(13)23)18(24)25)26-19-15-9-30(10-16(15)27-21(22)28-19)20(31)12-6-7-29(2)8-12/h3-5,11-12,18H,6-10H2,1-2H3,(H,26,27,28)/t11-,12?/m1/s1. The van der Waals surface area contributed by atoms with Crippen LogP contribution in [0, 0.1) is 11.7 Å². The minimum Gasteiger partial charge on any atom is -0.363 e. The van der Waals surface area contributed by atoms with Crippen LogP contribution in [-0.4, -0.2) is 45.8 Å². The number of nitrogens with zero attached hydrogens (tertiary/aromatic N) is 4. The lowest BCUT2D eigenvalue weighted by Crippen LogP contribution is -2.33. The molecule has 0 spiro atoms. The Hall–Kier alpha value is -2.39. The Morgan fingerprint density at radius 1 is 1.26 bits per heavy atom. The average molecular weight is 454 g/mol. The molecule has 10 heteroatoms. The van der Waals surface area contributed by atoms with Crippen LogP contribution >= 0.6 is 11.6 Å². The largest absolute Gasteiger partial charge is 0.363 e. The van der Waals surface area contributed by atoms with Crippen LogP contribution in [0.25, 0.3) is 0 Å². The number of aromatic nitrogens is 2. The van der Waals surface area contributed by atoms with Gasteiger partial charge >= 0.3 is 0 Å². The van der Waals surface area contributed by atoms with Crippen molar-refractivity contribution in [2.24, 2.45) is 5.92 Å². The van der Waals surface area contributed by atoms with Gasteiger partial charge in [-0.1, -0.05) is 18.2 Å². The van der Waals surface area contributed by atoms with E-state index in [0.29, 0.717) is 30.2 Å². The first-order valence-corrected chi connectivity index (χ1v) is 10.5. The molecule has 166 valence electrons. The van der Waals surface area contributed by atoms with E-state index in [0.717, 1.165) is 25.6 Å². The van der Waals surface area contributed by atoms with E-state index in [1.54, 1.807) is 11.8 Å². The fraction of sp³-hybridized carbons (Fsp3) is 0.476. The summed E-state index contributed by atoms with van der Waals surface area (Å²) in [6, 6.07) is 3.27. The van der Waals surface area contributed by atoms with Crippen molar-refractivity contribution >= 4 is 23.3 Å². The van der Waals surface area contributed by atoms with E-state index in [1.807, 2.05) is 7.05 Å². The number of hydrogen-bond donors (Lipinski definition) is 1. The molecule has 0 aliphatic carbocycles. The number of nitrogens with one attached hydrogen (secondary N) is 1. The Labute approximate surface area is 183 Å². The number of benzene rings is 1. The van der Waals surface area contributed by atoms with Gasteiger partial charge in [0.25, 0.3) is 6.43 Å². The third-order valence-electron chi connectivity index (χ3n) is 5.92. The first kappa shape index (κ1) is 21.8. The maximum absolute atomic E-state index is 14.6. The topological polar surface area (TPSA) is 61.4 Å². The third-order valence-corrected chi connectivity index (χ3v) is 6.09. The predicted molar refractivity (Wildman–Crippen MR) is 110 cm³/mol. The van der Waals surface area contributed by atoms with Gasteiger partial charge in [0.05, 0.1) is 36.3 Å².